The van der Waals surface area contributed by atoms with Crippen LogP contribution in [0.2, 0.25) is 0 Å². The highest BCUT2D eigenvalue weighted by Crippen LogP contribution is 2.35. The molecule has 1 N–H and O–H groups in total. The third kappa shape index (κ3) is 5.65. The Morgan fingerprint density at radius 3 is 2.21 bits per heavy atom. The first-order valence-corrected chi connectivity index (χ1v) is 10.6. The fourth-order valence-corrected chi connectivity index (χ4v) is 4.47. The number of carbonyl (C=O) groups is 4. The van der Waals surface area contributed by atoms with Gasteiger partial charge in [0, 0.05) is 37.3 Å². The van der Waals surface area contributed by atoms with Crippen LogP contribution in [0.25, 0.3) is 0 Å². The van der Waals surface area contributed by atoms with Gasteiger partial charge >= 0.3 is 0 Å². The Balaban J connectivity index is 1.96. The minimum atomic E-state index is -0.835. The van der Waals surface area contributed by atoms with E-state index in [2.05, 4.69) is 6.92 Å². The SMILES string of the molecule is C[C@@H]1CC([C@H](O)CC2CC(=O)N(CC(=O)N(C)C(C)(C)C)C(=O)C2)C(=O)[C@@H](C)C1. The summed E-state index contributed by atoms with van der Waals surface area (Å²) < 4.78 is 0. The number of piperidine rings is 1. The van der Waals surface area contributed by atoms with Crippen LogP contribution in [-0.4, -0.2) is 63.6 Å². The molecule has 4 atom stereocenters. The average molecular weight is 409 g/mol. The maximum absolute atomic E-state index is 12.5. The monoisotopic (exact) mass is 408 g/mol. The van der Waals surface area contributed by atoms with Gasteiger partial charge in [-0.25, -0.2) is 0 Å². The van der Waals surface area contributed by atoms with Crippen LogP contribution in [0.5, 0.6) is 0 Å². The fourth-order valence-electron chi connectivity index (χ4n) is 4.47. The van der Waals surface area contributed by atoms with Crippen molar-refractivity contribution in [2.45, 2.75) is 78.4 Å². The molecule has 0 spiro atoms. The van der Waals surface area contributed by atoms with Crippen LogP contribution in [0.15, 0.2) is 0 Å². The van der Waals surface area contributed by atoms with Gasteiger partial charge in [0.15, 0.2) is 0 Å². The zero-order valence-electron chi connectivity index (χ0n) is 18.6. The van der Waals surface area contributed by atoms with Crippen LogP contribution in [0.3, 0.4) is 0 Å². The predicted molar refractivity (Wildman–Crippen MR) is 109 cm³/mol. The van der Waals surface area contributed by atoms with Crippen molar-refractivity contribution in [3.8, 4) is 0 Å². The predicted octanol–water partition coefficient (Wildman–Crippen LogP) is 2.01. The van der Waals surface area contributed by atoms with E-state index >= 15 is 0 Å². The highest BCUT2D eigenvalue weighted by atomic mass is 16.3. The lowest BCUT2D eigenvalue weighted by molar-refractivity contribution is -0.155. The number of hydrogen-bond donors (Lipinski definition) is 1. The number of Topliss-reactive ketones (excluding diaryl/α,β-unsaturated/α-hetero) is 1. The molecule has 1 saturated carbocycles. The summed E-state index contributed by atoms with van der Waals surface area (Å²) in [5.41, 5.74) is -0.396. The number of ketones is 1. The van der Waals surface area contributed by atoms with Crippen molar-refractivity contribution in [1.82, 2.24) is 9.80 Å². The number of likely N-dealkylation sites (N-methyl/N-ethyl adjacent to an activating group) is 1. The van der Waals surface area contributed by atoms with Gasteiger partial charge in [-0.05, 0) is 51.9 Å². The van der Waals surface area contributed by atoms with Crippen molar-refractivity contribution in [1.29, 1.82) is 0 Å². The zero-order chi connectivity index (χ0) is 22.1. The molecule has 1 heterocycles. The normalized spacial score (nSPS) is 27.9. The first-order valence-electron chi connectivity index (χ1n) is 10.6. The van der Waals surface area contributed by atoms with Gasteiger partial charge in [-0.15, -0.1) is 0 Å². The summed E-state index contributed by atoms with van der Waals surface area (Å²) in [5.74, 6) is -1.37. The molecule has 0 radical (unpaired) electrons. The second-order valence-corrected chi connectivity index (χ2v) is 10.1. The Morgan fingerprint density at radius 2 is 1.69 bits per heavy atom. The second kappa shape index (κ2) is 8.94. The summed E-state index contributed by atoms with van der Waals surface area (Å²) in [5, 5.41) is 10.7. The summed E-state index contributed by atoms with van der Waals surface area (Å²) in [6, 6.07) is 0. The third-order valence-electron chi connectivity index (χ3n) is 6.51. The Kier molecular flexibility index (Phi) is 7.25. The Bertz CT molecular complexity index is 651. The molecule has 1 unspecified atom stereocenters. The van der Waals surface area contributed by atoms with Crippen molar-refractivity contribution in [3.05, 3.63) is 0 Å². The molecule has 0 aromatic carbocycles. The summed E-state index contributed by atoms with van der Waals surface area (Å²) in [7, 11) is 1.66. The van der Waals surface area contributed by atoms with Gasteiger partial charge in [0.2, 0.25) is 17.7 Å². The molecule has 0 aromatic heterocycles. The van der Waals surface area contributed by atoms with E-state index in [1.165, 1.54) is 4.90 Å². The third-order valence-corrected chi connectivity index (χ3v) is 6.51. The van der Waals surface area contributed by atoms with Crippen LogP contribution in [0, 0.1) is 23.7 Å². The molecule has 3 amide bonds. The van der Waals surface area contributed by atoms with E-state index < -0.39 is 17.6 Å². The van der Waals surface area contributed by atoms with Crippen molar-refractivity contribution in [3.63, 3.8) is 0 Å². The summed E-state index contributed by atoms with van der Waals surface area (Å²) in [6.07, 6.45) is 1.14. The molecule has 1 aliphatic heterocycles. The van der Waals surface area contributed by atoms with Crippen LogP contribution in [0.1, 0.15) is 66.7 Å². The van der Waals surface area contributed by atoms with E-state index in [0.29, 0.717) is 12.3 Å². The maximum atomic E-state index is 12.5. The quantitative estimate of drug-likeness (QED) is 0.702. The summed E-state index contributed by atoms with van der Waals surface area (Å²) in [6.45, 7) is 9.38. The molecular formula is C22H36N2O5. The van der Waals surface area contributed by atoms with Gasteiger partial charge < -0.3 is 10.0 Å². The van der Waals surface area contributed by atoms with Gasteiger partial charge in [-0.2, -0.15) is 0 Å². The number of imide groups is 1. The van der Waals surface area contributed by atoms with E-state index in [1.54, 1.807) is 7.05 Å². The summed E-state index contributed by atoms with van der Waals surface area (Å²) in [4.78, 5) is 52.5. The van der Waals surface area contributed by atoms with Crippen molar-refractivity contribution in [2.75, 3.05) is 13.6 Å². The van der Waals surface area contributed by atoms with Gasteiger partial charge in [0.25, 0.3) is 0 Å². The second-order valence-electron chi connectivity index (χ2n) is 10.1. The number of rotatable bonds is 5. The van der Waals surface area contributed by atoms with E-state index in [-0.39, 0.29) is 61.1 Å². The Hall–Kier alpha value is -1.76. The van der Waals surface area contributed by atoms with Crippen molar-refractivity contribution < 1.29 is 24.3 Å². The van der Waals surface area contributed by atoms with E-state index in [1.807, 2.05) is 27.7 Å². The molecule has 0 bridgehead atoms. The topological polar surface area (TPSA) is 95.0 Å². The minimum Gasteiger partial charge on any atom is -0.392 e. The average Bonchev–Trinajstić information content (AvgIpc) is 2.59. The van der Waals surface area contributed by atoms with E-state index in [0.717, 1.165) is 11.3 Å². The minimum absolute atomic E-state index is 0.0608. The van der Waals surface area contributed by atoms with E-state index in [9.17, 15) is 24.3 Å². The largest absolute Gasteiger partial charge is 0.392 e. The van der Waals surface area contributed by atoms with Crippen LogP contribution in [-0.2, 0) is 19.2 Å². The molecule has 164 valence electrons. The highest BCUT2D eigenvalue weighted by molar-refractivity contribution is 6.01. The smallest absolute Gasteiger partial charge is 0.242 e. The number of nitrogens with zero attached hydrogens (tertiary/aromatic N) is 2. The van der Waals surface area contributed by atoms with Crippen LogP contribution >= 0.6 is 0 Å². The van der Waals surface area contributed by atoms with Gasteiger partial charge in [0.05, 0.1) is 6.10 Å². The van der Waals surface area contributed by atoms with Crippen LogP contribution < -0.4 is 0 Å². The Morgan fingerprint density at radius 1 is 1.14 bits per heavy atom. The number of amides is 3. The molecule has 0 aromatic rings. The first-order chi connectivity index (χ1) is 13.3. The van der Waals surface area contributed by atoms with Gasteiger partial charge in [0.1, 0.15) is 12.3 Å². The van der Waals surface area contributed by atoms with Gasteiger partial charge in [-0.3, -0.25) is 24.1 Å². The molecule has 7 nitrogen and oxygen atoms in total. The zero-order valence-corrected chi connectivity index (χ0v) is 18.6. The number of aliphatic hydroxyl groups is 1. The number of aliphatic hydroxyl groups excluding tert-OH is 1. The Labute approximate surface area is 173 Å². The fraction of sp³-hybridized carbons (Fsp3) is 0.818. The summed E-state index contributed by atoms with van der Waals surface area (Å²) >= 11 is 0. The molecule has 29 heavy (non-hydrogen) atoms. The molecular weight excluding hydrogens is 372 g/mol. The molecule has 1 aliphatic carbocycles. The maximum Gasteiger partial charge on any atom is 0.242 e. The first kappa shape index (κ1) is 23.5. The number of hydrogen-bond acceptors (Lipinski definition) is 5. The lowest BCUT2D eigenvalue weighted by Gasteiger charge is -2.37. The van der Waals surface area contributed by atoms with E-state index in [4.69, 9.17) is 0 Å². The molecule has 2 aliphatic rings. The standard InChI is InChI=1S/C22H36N2O5/c1-13-7-14(2)21(29)16(8-13)17(25)9-15-10-18(26)24(19(27)11-15)12-20(28)23(6)22(3,4)5/h13-17,25H,7-12H2,1-6H3/t13-,14-,16?,17+/m0/s1. The lowest BCUT2D eigenvalue weighted by atomic mass is 9.71. The van der Waals surface area contributed by atoms with Crippen molar-refractivity contribution in [2.24, 2.45) is 23.7 Å². The highest BCUT2D eigenvalue weighted by Gasteiger charge is 2.40. The molecule has 2 fully saturated rings. The molecule has 1 saturated heterocycles. The lowest BCUT2D eigenvalue weighted by Crippen LogP contribution is -2.52. The molecule has 2 rings (SSSR count). The van der Waals surface area contributed by atoms with Gasteiger partial charge in [-0.1, -0.05) is 13.8 Å². The molecule has 7 heteroatoms. The number of likely N-dealkylation sites (tertiary alicyclic amines) is 1. The van der Waals surface area contributed by atoms with Crippen molar-refractivity contribution >= 4 is 23.5 Å². The number of carbonyl (C=O) groups excluding carboxylic acids is 4. The van der Waals surface area contributed by atoms with Crippen LogP contribution in [0.4, 0.5) is 0 Å².